The first-order chi connectivity index (χ1) is 11.3. The average Bonchev–Trinajstić information content (AvgIpc) is 3.49. The zero-order valence-corrected chi connectivity index (χ0v) is 13.0. The summed E-state index contributed by atoms with van der Waals surface area (Å²) in [6.45, 7) is 3.23. The Bertz CT molecular complexity index is 746. The van der Waals surface area contributed by atoms with Crippen LogP contribution in [0.3, 0.4) is 0 Å². The highest BCUT2D eigenvalue weighted by atomic mass is 16.2. The van der Waals surface area contributed by atoms with Crippen LogP contribution in [0.5, 0.6) is 0 Å². The van der Waals surface area contributed by atoms with Crippen LogP contribution in [0, 0.1) is 17.8 Å². The zero-order valence-electron chi connectivity index (χ0n) is 13.0. The minimum atomic E-state index is 0.328. The number of hydrogen-bond acceptors (Lipinski definition) is 5. The molecule has 3 fully saturated rings. The predicted molar refractivity (Wildman–Crippen MR) is 83.9 cm³/mol. The maximum absolute atomic E-state index is 12.6. The minimum absolute atomic E-state index is 0.328. The van der Waals surface area contributed by atoms with E-state index in [9.17, 15) is 4.79 Å². The third-order valence-electron chi connectivity index (χ3n) is 5.47. The normalized spacial score (nSPS) is 27.5. The van der Waals surface area contributed by atoms with Gasteiger partial charge in [0.15, 0.2) is 11.5 Å². The second kappa shape index (κ2) is 4.91. The van der Waals surface area contributed by atoms with Crippen molar-refractivity contribution in [3.05, 3.63) is 18.7 Å². The van der Waals surface area contributed by atoms with E-state index >= 15 is 0 Å². The highest BCUT2D eigenvalue weighted by molar-refractivity contribution is 5.82. The topological polar surface area (TPSA) is 66.6 Å². The molecule has 2 saturated carbocycles. The average molecular weight is 312 g/mol. The van der Waals surface area contributed by atoms with E-state index in [1.807, 2.05) is 10.7 Å². The summed E-state index contributed by atoms with van der Waals surface area (Å²) in [4.78, 5) is 25.3. The molecule has 2 aromatic rings. The highest BCUT2D eigenvalue weighted by Gasteiger charge is 2.52. The first-order valence-electron chi connectivity index (χ1n) is 8.49. The van der Waals surface area contributed by atoms with Crippen LogP contribution in [-0.2, 0) is 4.79 Å². The fourth-order valence-corrected chi connectivity index (χ4v) is 3.89. The molecule has 7 heteroatoms. The second-order valence-electron chi connectivity index (χ2n) is 6.95. The molecular weight excluding hydrogens is 292 g/mol. The van der Waals surface area contributed by atoms with E-state index in [1.165, 1.54) is 12.8 Å². The Morgan fingerprint density at radius 3 is 2.74 bits per heavy atom. The smallest absolute Gasteiger partial charge is 0.226 e. The van der Waals surface area contributed by atoms with Crippen LogP contribution in [0.15, 0.2) is 18.7 Å². The van der Waals surface area contributed by atoms with Crippen molar-refractivity contribution in [1.82, 2.24) is 24.5 Å². The van der Waals surface area contributed by atoms with Crippen molar-refractivity contribution < 1.29 is 4.79 Å². The van der Waals surface area contributed by atoms with E-state index in [0.717, 1.165) is 50.0 Å². The van der Waals surface area contributed by atoms with Gasteiger partial charge in [-0.2, -0.15) is 9.61 Å². The number of anilines is 1. The van der Waals surface area contributed by atoms with Gasteiger partial charge in [0.25, 0.3) is 0 Å². The fraction of sp³-hybridized carbons (Fsp3) is 0.625. The van der Waals surface area contributed by atoms with Crippen molar-refractivity contribution >= 4 is 17.4 Å². The van der Waals surface area contributed by atoms with Crippen molar-refractivity contribution in [1.29, 1.82) is 0 Å². The molecule has 2 aliphatic carbocycles. The van der Waals surface area contributed by atoms with Crippen LogP contribution >= 0.6 is 0 Å². The molecular formula is C16H20N6O. The van der Waals surface area contributed by atoms with Gasteiger partial charge in [0.1, 0.15) is 6.33 Å². The first kappa shape index (κ1) is 13.3. The van der Waals surface area contributed by atoms with Gasteiger partial charge in [0, 0.05) is 32.1 Å². The molecule has 0 N–H and O–H groups in total. The van der Waals surface area contributed by atoms with Crippen LogP contribution in [0.4, 0.5) is 5.82 Å². The lowest BCUT2D eigenvalue weighted by molar-refractivity contribution is -0.133. The van der Waals surface area contributed by atoms with Crippen molar-refractivity contribution in [3.8, 4) is 0 Å². The number of piperazine rings is 1. The van der Waals surface area contributed by atoms with Crippen molar-refractivity contribution in [2.24, 2.45) is 17.8 Å². The van der Waals surface area contributed by atoms with Gasteiger partial charge in [-0.25, -0.2) is 4.98 Å². The van der Waals surface area contributed by atoms with E-state index in [1.54, 1.807) is 12.5 Å². The summed E-state index contributed by atoms with van der Waals surface area (Å²) in [6.07, 6.45) is 8.90. The molecule has 1 aliphatic heterocycles. The van der Waals surface area contributed by atoms with Gasteiger partial charge in [-0.3, -0.25) is 9.78 Å². The molecule has 0 bridgehead atoms. The standard InChI is InChI=1S/C16H20N6O/c23-16(13-7-12(13)11-1-2-11)21-5-3-20(4-6-21)15-9-17-8-14-18-10-19-22(14)15/h8-13H,1-7H2/t12-,13+/m1/s1. The zero-order chi connectivity index (χ0) is 15.4. The van der Waals surface area contributed by atoms with Crippen LogP contribution in [0.2, 0.25) is 0 Å². The highest BCUT2D eigenvalue weighted by Crippen LogP contribution is 2.54. The molecule has 3 heterocycles. The Hall–Kier alpha value is -2.18. The number of hydrogen-bond donors (Lipinski definition) is 0. The number of aromatic nitrogens is 4. The van der Waals surface area contributed by atoms with Gasteiger partial charge < -0.3 is 9.80 Å². The van der Waals surface area contributed by atoms with Gasteiger partial charge in [0.05, 0.1) is 12.4 Å². The molecule has 0 aromatic carbocycles. The Morgan fingerprint density at radius 1 is 1.13 bits per heavy atom. The Kier molecular flexibility index (Phi) is 2.83. The summed E-state index contributed by atoms with van der Waals surface area (Å²) in [5, 5.41) is 4.27. The molecule has 23 heavy (non-hydrogen) atoms. The number of rotatable bonds is 3. The van der Waals surface area contributed by atoms with Gasteiger partial charge in [-0.05, 0) is 31.1 Å². The Morgan fingerprint density at radius 2 is 1.96 bits per heavy atom. The molecule has 0 radical (unpaired) electrons. The summed E-state index contributed by atoms with van der Waals surface area (Å²) < 4.78 is 1.81. The molecule has 1 saturated heterocycles. The van der Waals surface area contributed by atoms with Gasteiger partial charge >= 0.3 is 0 Å². The molecule has 5 rings (SSSR count). The molecule has 2 aromatic heterocycles. The predicted octanol–water partition coefficient (Wildman–Crippen LogP) is 0.819. The van der Waals surface area contributed by atoms with Crippen LogP contribution in [0.25, 0.3) is 5.65 Å². The Balaban J connectivity index is 1.25. The number of amides is 1. The van der Waals surface area contributed by atoms with E-state index < -0.39 is 0 Å². The first-order valence-corrected chi connectivity index (χ1v) is 8.49. The summed E-state index contributed by atoms with van der Waals surface area (Å²) >= 11 is 0. The fourth-order valence-electron chi connectivity index (χ4n) is 3.89. The monoisotopic (exact) mass is 312 g/mol. The van der Waals surface area contributed by atoms with E-state index in [0.29, 0.717) is 17.7 Å². The molecule has 120 valence electrons. The number of nitrogens with zero attached hydrogens (tertiary/aromatic N) is 6. The molecule has 0 unspecified atom stereocenters. The molecule has 7 nitrogen and oxygen atoms in total. The maximum Gasteiger partial charge on any atom is 0.226 e. The third-order valence-corrected chi connectivity index (χ3v) is 5.47. The Labute approximate surface area is 134 Å². The lowest BCUT2D eigenvalue weighted by atomic mass is 10.2. The SMILES string of the molecule is O=C([C@H]1C[C@@H]1C1CC1)N1CCN(c2cncc3ncnn23)CC1. The largest absolute Gasteiger partial charge is 0.352 e. The van der Waals surface area contributed by atoms with Gasteiger partial charge in [-0.15, -0.1) is 0 Å². The molecule has 3 aliphatic rings. The number of carbonyl (C=O) groups excluding carboxylic acids is 1. The molecule has 2 atom stereocenters. The summed E-state index contributed by atoms with van der Waals surface area (Å²) in [5.74, 6) is 3.23. The number of carbonyl (C=O) groups is 1. The van der Waals surface area contributed by atoms with E-state index in [4.69, 9.17) is 0 Å². The van der Waals surface area contributed by atoms with Gasteiger partial charge in [-0.1, -0.05) is 0 Å². The van der Waals surface area contributed by atoms with E-state index in [2.05, 4.69) is 24.9 Å². The summed E-state index contributed by atoms with van der Waals surface area (Å²) in [5.41, 5.74) is 0.756. The number of fused-ring (bicyclic) bond motifs is 1. The van der Waals surface area contributed by atoms with Crippen molar-refractivity contribution in [2.75, 3.05) is 31.1 Å². The van der Waals surface area contributed by atoms with Crippen LogP contribution < -0.4 is 4.90 Å². The van der Waals surface area contributed by atoms with Crippen LogP contribution in [0.1, 0.15) is 19.3 Å². The lowest BCUT2D eigenvalue weighted by Crippen LogP contribution is -2.50. The van der Waals surface area contributed by atoms with Crippen molar-refractivity contribution in [2.45, 2.75) is 19.3 Å². The van der Waals surface area contributed by atoms with Gasteiger partial charge in [0.2, 0.25) is 5.91 Å². The quantitative estimate of drug-likeness (QED) is 0.839. The molecule has 0 spiro atoms. The second-order valence-corrected chi connectivity index (χ2v) is 6.95. The van der Waals surface area contributed by atoms with E-state index in [-0.39, 0.29) is 0 Å². The van der Waals surface area contributed by atoms with Crippen molar-refractivity contribution in [3.63, 3.8) is 0 Å². The summed E-state index contributed by atoms with van der Waals surface area (Å²) in [6, 6.07) is 0. The maximum atomic E-state index is 12.6. The minimum Gasteiger partial charge on any atom is -0.352 e. The third kappa shape index (κ3) is 2.26. The lowest BCUT2D eigenvalue weighted by Gasteiger charge is -2.35. The summed E-state index contributed by atoms with van der Waals surface area (Å²) in [7, 11) is 0. The van der Waals surface area contributed by atoms with Crippen LogP contribution in [-0.4, -0.2) is 56.6 Å². The molecule has 1 amide bonds.